The third kappa shape index (κ3) is 4.98. The number of imidazole rings is 1. The van der Waals surface area contributed by atoms with Gasteiger partial charge in [0.25, 0.3) is 5.82 Å². The second-order valence-electron chi connectivity index (χ2n) is 8.75. The Bertz CT molecular complexity index is 1090. The summed E-state index contributed by atoms with van der Waals surface area (Å²) < 4.78 is 35.5. The van der Waals surface area contributed by atoms with Gasteiger partial charge in [0.15, 0.2) is 5.60 Å². The van der Waals surface area contributed by atoms with Gasteiger partial charge >= 0.3 is 5.97 Å². The molecule has 0 amide bonds. The lowest BCUT2D eigenvalue weighted by Crippen LogP contribution is -2.44. The van der Waals surface area contributed by atoms with Crippen LogP contribution in [0.4, 0.5) is 8.78 Å². The highest BCUT2D eigenvalue weighted by Crippen LogP contribution is 2.47. The fraction of sp³-hybridized carbons (Fsp3) is 0.385. The Balaban J connectivity index is 1.47. The molecule has 1 heterocycles. The van der Waals surface area contributed by atoms with E-state index in [1.54, 1.807) is 30.3 Å². The Morgan fingerprint density at radius 3 is 2.48 bits per heavy atom. The molecular formula is C26H29F2N2O3+. The number of aromatic nitrogens is 2. The van der Waals surface area contributed by atoms with E-state index in [4.69, 9.17) is 4.74 Å². The average molecular weight is 456 g/mol. The van der Waals surface area contributed by atoms with Crippen molar-refractivity contribution >= 4 is 5.97 Å². The third-order valence-electron chi connectivity index (χ3n) is 6.49. The molecule has 0 unspecified atom stereocenters. The van der Waals surface area contributed by atoms with Gasteiger partial charge in [-0.1, -0.05) is 60.7 Å². The van der Waals surface area contributed by atoms with Crippen molar-refractivity contribution in [3.8, 4) is 0 Å². The summed E-state index contributed by atoms with van der Waals surface area (Å²) in [5.74, 6) is -3.70. The van der Waals surface area contributed by atoms with Crippen molar-refractivity contribution in [2.45, 2.75) is 50.7 Å². The number of carbonyl (C=O) groups is 1. The van der Waals surface area contributed by atoms with Crippen molar-refractivity contribution in [1.82, 2.24) is 4.98 Å². The lowest BCUT2D eigenvalue weighted by atomic mass is 9.80. The quantitative estimate of drug-likeness (QED) is 0.398. The highest BCUT2D eigenvalue weighted by atomic mass is 19.3. The number of hydrogen-bond acceptors (Lipinski definition) is 3. The molecule has 3 aromatic rings. The summed E-state index contributed by atoms with van der Waals surface area (Å²) in [4.78, 5) is 16.3. The molecule has 0 saturated heterocycles. The van der Waals surface area contributed by atoms with Gasteiger partial charge in [0.05, 0.1) is 6.61 Å². The first kappa shape index (κ1) is 23.1. The molecule has 1 saturated carbocycles. The van der Waals surface area contributed by atoms with Crippen LogP contribution in [0.15, 0.2) is 66.9 Å². The van der Waals surface area contributed by atoms with Crippen LogP contribution in [0.3, 0.4) is 0 Å². The smallest absolute Gasteiger partial charge is 0.343 e. The van der Waals surface area contributed by atoms with Gasteiger partial charge in [0.2, 0.25) is 5.92 Å². The van der Waals surface area contributed by atoms with E-state index in [1.165, 1.54) is 0 Å². The predicted octanol–water partition coefficient (Wildman–Crippen LogP) is 4.07. The molecule has 7 heteroatoms. The van der Waals surface area contributed by atoms with Gasteiger partial charge in [0, 0.05) is 32.1 Å². The van der Waals surface area contributed by atoms with Crippen molar-refractivity contribution in [1.29, 1.82) is 0 Å². The van der Waals surface area contributed by atoms with Crippen LogP contribution in [0.1, 0.15) is 41.9 Å². The predicted molar refractivity (Wildman–Crippen MR) is 119 cm³/mol. The molecule has 5 nitrogen and oxygen atoms in total. The number of benzene rings is 2. The number of aryl methyl sites for hydroxylation is 1. The molecule has 4 rings (SSSR count). The van der Waals surface area contributed by atoms with E-state index in [9.17, 15) is 18.7 Å². The number of nitrogens with one attached hydrogen (secondary N) is 1. The average Bonchev–Trinajstić information content (AvgIpc) is 3.36. The summed E-state index contributed by atoms with van der Waals surface area (Å²) in [6.07, 6.45) is 1.47. The zero-order valence-electron chi connectivity index (χ0n) is 18.6. The summed E-state index contributed by atoms with van der Waals surface area (Å²) in [5.41, 5.74) is 0.271. The Hall–Kier alpha value is -3.06. The monoisotopic (exact) mass is 455 g/mol. The minimum absolute atomic E-state index is 0.0309. The maximum atomic E-state index is 13.9. The van der Waals surface area contributed by atoms with Crippen LogP contribution >= 0.6 is 0 Å². The standard InChI is InChI=1S/C26H28F2N2O3/c1-19-29-17-23(30(19)18-20-8-4-2-5-9-20)13-15-33-24(31)26(32,21-10-6-3-7-11-21)22-12-14-25(27,28)16-22/h2-11,17,22,32H,12-16,18H2,1H3/p+1/t22-,26+/m1/s1. The number of rotatable bonds is 8. The molecule has 2 N–H and O–H groups in total. The Labute approximate surface area is 192 Å². The normalized spacial score (nSPS) is 19.2. The lowest BCUT2D eigenvalue weighted by Gasteiger charge is -2.32. The number of hydrogen-bond donors (Lipinski definition) is 2. The molecule has 33 heavy (non-hydrogen) atoms. The number of H-pyrrole nitrogens is 1. The van der Waals surface area contributed by atoms with Crippen molar-refractivity contribution < 1.29 is 28.0 Å². The SMILES string of the molecule is Cc1[nH]cc(CCOC(=O)[C@](O)(c2ccccc2)[C@@H]2CCC(F)(F)C2)[n+]1Cc1ccccc1. The van der Waals surface area contributed by atoms with E-state index in [1.807, 2.05) is 43.5 Å². The number of halogens is 2. The maximum Gasteiger partial charge on any atom is 0.343 e. The molecule has 2 atom stereocenters. The summed E-state index contributed by atoms with van der Waals surface area (Å²) >= 11 is 0. The molecule has 1 aromatic heterocycles. The maximum absolute atomic E-state index is 13.9. The van der Waals surface area contributed by atoms with Crippen molar-refractivity contribution in [2.24, 2.45) is 5.92 Å². The van der Waals surface area contributed by atoms with Crippen molar-refractivity contribution in [3.05, 3.63) is 89.5 Å². The molecule has 1 aliphatic rings. The van der Waals surface area contributed by atoms with Crippen molar-refractivity contribution in [3.63, 3.8) is 0 Å². The Kier molecular flexibility index (Phi) is 6.61. The highest BCUT2D eigenvalue weighted by molar-refractivity contribution is 5.81. The number of aromatic amines is 1. The van der Waals surface area contributed by atoms with Crippen LogP contribution in [0, 0.1) is 12.8 Å². The first-order chi connectivity index (χ1) is 15.8. The van der Waals surface area contributed by atoms with Gasteiger partial charge in [0.1, 0.15) is 18.4 Å². The Morgan fingerprint density at radius 2 is 1.85 bits per heavy atom. The van der Waals surface area contributed by atoms with E-state index in [0.29, 0.717) is 13.0 Å². The van der Waals surface area contributed by atoms with Crippen molar-refractivity contribution in [2.75, 3.05) is 6.61 Å². The first-order valence-electron chi connectivity index (χ1n) is 11.2. The van der Waals surface area contributed by atoms with Crippen LogP contribution in [0.2, 0.25) is 0 Å². The minimum atomic E-state index is -2.89. The fourth-order valence-corrected chi connectivity index (χ4v) is 4.63. The van der Waals surface area contributed by atoms with Crippen LogP contribution in [-0.4, -0.2) is 28.6 Å². The van der Waals surface area contributed by atoms with Gasteiger partial charge < -0.3 is 9.84 Å². The van der Waals surface area contributed by atoms with Gasteiger partial charge in [-0.05, 0) is 17.5 Å². The Morgan fingerprint density at radius 1 is 1.18 bits per heavy atom. The number of ether oxygens (including phenoxy) is 1. The van der Waals surface area contributed by atoms with Gasteiger partial charge in [-0.2, -0.15) is 0 Å². The lowest BCUT2D eigenvalue weighted by molar-refractivity contribution is -0.700. The summed E-state index contributed by atoms with van der Waals surface area (Å²) in [7, 11) is 0. The first-order valence-corrected chi connectivity index (χ1v) is 11.2. The number of alkyl halides is 2. The second-order valence-corrected chi connectivity index (χ2v) is 8.75. The molecule has 1 aliphatic carbocycles. The number of nitrogens with zero attached hydrogens (tertiary/aromatic N) is 1. The third-order valence-corrected chi connectivity index (χ3v) is 6.49. The molecule has 0 bridgehead atoms. The topological polar surface area (TPSA) is 66.2 Å². The number of esters is 1. The fourth-order valence-electron chi connectivity index (χ4n) is 4.63. The zero-order chi connectivity index (χ0) is 23.5. The van der Waals surface area contributed by atoms with Gasteiger partial charge in [-0.3, -0.25) is 0 Å². The minimum Gasteiger partial charge on any atom is -0.463 e. The van der Waals surface area contributed by atoms with E-state index in [-0.39, 0.29) is 25.0 Å². The van der Waals surface area contributed by atoms with Gasteiger partial charge in [-0.25, -0.2) is 23.1 Å². The molecule has 2 aromatic carbocycles. The molecule has 0 spiro atoms. The van der Waals surface area contributed by atoms with Crippen LogP contribution in [-0.2, 0) is 28.1 Å². The van der Waals surface area contributed by atoms with Gasteiger partial charge in [-0.15, -0.1) is 0 Å². The zero-order valence-corrected chi connectivity index (χ0v) is 18.6. The molecular weight excluding hydrogens is 426 g/mol. The largest absolute Gasteiger partial charge is 0.463 e. The molecule has 0 radical (unpaired) electrons. The highest BCUT2D eigenvalue weighted by Gasteiger charge is 2.54. The molecule has 1 fully saturated rings. The van der Waals surface area contributed by atoms with Crippen LogP contribution < -0.4 is 4.57 Å². The van der Waals surface area contributed by atoms with E-state index < -0.39 is 29.8 Å². The summed E-state index contributed by atoms with van der Waals surface area (Å²) in [6, 6.07) is 18.3. The number of aliphatic hydroxyl groups is 1. The van der Waals surface area contributed by atoms with E-state index >= 15 is 0 Å². The summed E-state index contributed by atoms with van der Waals surface area (Å²) in [6.45, 7) is 2.67. The molecule has 174 valence electrons. The summed E-state index contributed by atoms with van der Waals surface area (Å²) in [5, 5.41) is 11.4. The van der Waals surface area contributed by atoms with Crippen LogP contribution in [0.25, 0.3) is 0 Å². The van der Waals surface area contributed by atoms with Crippen LogP contribution in [0.5, 0.6) is 0 Å². The molecule has 0 aliphatic heterocycles. The number of carbonyl (C=O) groups excluding carboxylic acids is 1. The van der Waals surface area contributed by atoms with E-state index in [2.05, 4.69) is 9.55 Å². The second kappa shape index (κ2) is 9.43. The van der Waals surface area contributed by atoms with E-state index in [0.717, 1.165) is 17.1 Å².